The Morgan fingerprint density at radius 3 is 2.67 bits per heavy atom. The molecule has 0 aliphatic heterocycles. The van der Waals surface area contributed by atoms with E-state index >= 15 is 0 Å². The van der Waals surface area contributed by atoms with Crippen LogP contribution >= 0.6 is 0 Å². The molecule has 0 bridgehead atoms. The normalized spacial score (nSPS) is 10.6. The highest BCUT2D eigenvalue weighted by Gasteiger charge is 2.05. The Balaban J connectivity index is 2.50. The highest BCUT2D eigenvalue weighted by Crippen LogP contribution is 2.14. The van der Waals surface area contributed by atoms with Gasteiger partial charge in [-0.05, 0) is 31.0 Å². The van der Waals surface area contributed by atoms with E-state index in [9.17, 15) is 0 Å². The van der Waals surface area contributed by atoms with Crippen LogP contribution in [0.2, 0.25) is 0 Å². The molecule has 0 aliphatic carbocycles. The third kappa shape index (κ3) is 1.76. The zero-order chi connectivity index (χ0) is 10.8. The standard InChI is InChI=1S/C11H13N3O/c1-8-5-10(7-15)6-13-11(8)14-4-3-12-9(14)2/h3-6,15H,7H2,1-2H3. The fourth-order valence-electron chi connectivity index (χ4n) is 1.57. The number of imidazole rings is 1. The van der Waals surface area contributed by atoms with Gasteiger partial charge in [0.25, 0.3) is 0 Å². The lowest BCUT2D eigenvalue weighted by molar-refractivity contribution is 0.281. The van der Waals surface area contributed by atoms with Crippen LogP contribution in [-0.4, -0.2) is 19.6 Å². The van der Waals surface area contributed by atoms with Gasteiger partial charge >= 0.3 is 0 Å². The van der Waals surface area contributed by atoms with Gasteiger partial charge in [-0.15, -0.1) is 0 Å². The van der Waals surface area contributed by atoms with Crippen LogP contribution in [0.3, 0.4) is 0 Å². The Morgan fingerprint density at radius 2 is 2.13 bits per heavy atom. The van der Waals surface area contributed by atoms with Crippen LogP contribution in [0, 0.1) is 13.8 Å². The van der Waals surface area contributed by atoms with Crippen LogP contribution in [0.5, 0.6) is 0 Å². The van der Waals surface area contributed by atoms with Crippen LogP contribution in [-0.2, 0) is 6.61 Å². The number of nitrogens with zero attached hydrogens (tertiary/aromatic N) is 3. The Hall–Kier alpha value is -1.68. The Kier molecular flexibility index (Phi) is 2.51. The van der Waals surface area contributed by atoms with Gasteiger partial charge in [-0.3, -0.25) is 4.57 Å². The monoisotopic (exact) mass is 203 g/mol. The number of rotatable bonds is 2. The lowest BCUT2D eigenvalue weighted by Gasteiger charge is -2.08. The molecule has 0 aliphatic rings. The number of aromatic nitrogens is 3. The zero-order valence-corrected chi connectivity index (χ0v) is 8.81. The molecule has 0 atom stereocenters. The average Bonchev–Trinajstić information content (AvgIpc) is 2.64. The molecule has 78 valence electrons. The summed E-state index contributed by atoms with van der Waals surface area (Å²) in [5, 5.41) is 8.98. The quantitative estimate of drug-likeness (QED) is 0.802. The highest BCUT2D eigenvalue weighted by molar-refractivity contribution is 5.36. The maximum atomic E-state index is 8.98. The molecular weight excluding hydrogens is 190 g/mol. The predicted octanol–water partition coefficient (Wildman–Crippen LogP) is 1.38. The van der Waals surface area contributed by atoms with E-state index in [1.807, 2.05) is 30.7 Å². The second kappa shape index (κ2) is 3.82. The van der Waals surface area contributed by atoms with Crippen LogP contribution in [0.4, 0.5) is 0 Å². The fourth-order valence-corrected chi connectivity index (χ4v) is 1.57. The second-order valence-electron chi connectivity index (χ2n) is 3.49. The van der Waals surface area contributed by atoms with Crippen LogP contribution in [0.1, 0.15) is 17.0 Å². The van der Waals surface area contributed by atoms with Crippen molar-refractivity contribution in [2.75, 3.05) is 0 Å². The van der Waals surface area contributed by atoms with E-state index in [-0.39, 0.29) is 6.61 Å². The van der Waals surface area contributed by atoms with E-state index in [1.165, 1.54) is 0 Å². The van der Waals surface area contributed by atoms with Gasteiger partial charge in [-0.25, -0.2) is 9.97 Å². The highest BCUT2D eigenvalue weighted by atomic mass is 16.3. The molecule has 0 saturated heterocycles. The minimum absolute atomic E-state index is 0.0248. The molecule has 0 spiro atoms. The average molecular weight is 203 g/mol. The van der Waals surface area contributed by atoms with Crippen molar-refractivity contribution in [2.45, 2.75) is 20.5 Å². The van der Waals surface area contributed by atoms with Crippen LogP contribution in [0.25, 0.3) is 5.82 Å². The summed E-state index contributed by atoms with van der Waals surface area (Å²) >= 11 is 0. The van der Waals surface area contributed by atoms with Crippen molar-refractivity contribution < 1.29 is 5.11 Å². The summed E-state index contributed by atoms with van der Waals surface area (Å²) in [6, 6.07) is 1.93. The number of aliphatic hydroxyl groups excluding tert-OH is 1. The largest absolute Gasteiger partial charge is 0.392 e. The first-order valence-electron chi connectivity index (χ1n) is 4.79. The number of pyridine rings is 1. The first-order valence-corrected chi connectivity index (χ1v) is 4.79. The minimum atomic E-state index is 0.0248. The summed E-state index contributed by atoms with van der Waals surface area (Å²) in [6.45, 7) is 3.93. The van der Waals surface area contributed by atoms with E-state index in [0.717, 1.165) is 22.8 Å². The molecule has 4 heteroatoms. The summed E-state index contributed by atoms with van der Waals surface area (Å²) in [6.07, 6.45) is 5.31. The molecule has 4 nitrogen and oxygen atoms in total. The molecule has 2 rings (SSSR count). The van der Waals surface area contributed by atoms with Gasteiger partial charge in [-0.2, -0.15) is 0 Å². The predicted molar refractivity (Wildman–Crippen MR) is 56.8 cm³/mol. The zero-order valence-electron chi connectivity index (χ0n) is 8.81. The molecule has 0 unspecified atom stereocenters. The molecule has 15 heavy (non-hydrogen) atoms. The molecule has 2 heterocycles. The van der Waals surface area contributed by atoms with Crippen molar-refractivity contribution in [3.63, 3.8) is 0 Å². The molecule has 0 fully saturated rings. The van der Waals surface area contributed by atoms with Crippen molar-refractivity contribution in [1.82, 2.24) is 14.5 Å². The van der Waals surface area contributed by atoms with Crippen LogP contribution < -0.4 is 0 Å². The second-order valence-corrected chi connectivity index (χ2v) is 3.49. The topological polar surface area (TPSA) is 50.9 Å². The summed E-state index contributed by atoms with van der Waals surface area (Å²) in [7, 11) is 0. The Bertz CT molecular complexity index is 476. The van der Waals surface area contributed by atoms with Crippen molar-refractivity contribution >= 4 is 0 Å². The van der Waals surface area contributed by atoms with Gasteiger partial charge in [-0.1, -0.05) is 0 Å². The van der Waals surface area contributed by atoms with E-state index in [2.05, 4.69) is 9.97 Å². The minimum Gasteiger partial charge on any atom is -0.392 e. The molecule has 1 N–H and O–H groups in total. The van der Waals surface area contributed by atoms with Crippen LogP contribution in [0.15, 0.2) is 24.7 Å². The SMILES string of the molecule is Cc1cc(CO)cnc1-n1ccnc1C. The lowest BCUT2D eigenvalue weighted by atomic mass is 10.2. The van der Waals surface area contributed by atoms with E-state index in [0.29, 0.717) is 0 Å². The lowest BCUT2D eigenvalue weighted by Crippen LogP contribution is -2.02. The van der Waals surface area contributed by atoms with Gasteiger partial charge in [0.15, 0.2) is 0 Å². The van der Waals surface area contributed by atoms with Crippen molar-refractivity contribution in [3.05, 3.63) is 41.6 Å². The molecule has 0 amide bonds. The summed E-state index contributed by atoms with van der Waals surface area (Å²) in [5.74, 6) is 1.77. The molecule has 2 aromatic rings. The number of hydrogen-bond acceptors (Lipinski definition) is 3. The summed E-state index contributed by atoms with van der Waals surface area (Å²) in [4.78, 5) is 8.47. The fraction of sp³-hybridized carbons (Fsp3) is 0.273. The smallest absolute Gasteiger partial charge is 0.140 e. The summed E-state index contributed by atoms with van der Waals surface area (Å²) < 4.78 is 1.93. The molecule has 0 radical (unpaired) electrons. The first kappa shape index (κ1) is 9.86. The van der Waals surface area contributed by atoms with Gasteiger partial charge in [0, 0.05) is 18.6 Å². The van der Waals surface area contributed by atoms with E-state index in [4.69, 9.17) is 5.11 Å². The summed E-state index contributed by atoms with van der Waals surface area (Å²) in [5.41, 5.74) is 1.86. The Morgan fingerprint density at radius 1 is 1.33 bits per heavy atom. The molecule has 0 saturated carbocycles. The number of hydrogen-bond donors (Lipinski definition) is 1. The van der Waals surface area contributed by atoms with Crippen molar-refractivity contribution in [3.8, 4) is 5.82 Å². The van der Waals surface area contributed by atoms with Gasteiger partial charge < -0.3 is 5.11 Å². The van der Waals surface area contributed by atoms with Gasteiger partial charge in [0.1, 0.15) is 11.6 Å². The molecule has 2 aromatic heterocycles. The maximum absolute atomic E-state index is 8.98. The molecule has 0 aromatic carbocycles. The van der Waals surface area contributed by atoms with Crippen molar-refractivity contribution in [1.29, 1.82) is 0 Å². The third-order valence-corrected chi connectivity index (χ3v) is 2.34. The van der Waals surface area contributed by atoms with E-state index < -0.39 is 0 Å². The number of aryl methyl sites for hydroxylation is 2. The number of aliphatic hydroxyl groups is 1. The molecular formula is C11H13N3O. The van der Waals surface area contributed by atoms with E-state index in [1.54, 1.807) is 12.4 Å². The Labute approximate surface area is 88.2 Å². The maximum Gasteiger partial charge on any atom is 0.140 e. The van der Waals surface area contributed by atoms with Crippen molar-refractivity contribution in [2.24, 2.45) is 0 Å². The van der Waals surface area contributed by atoms with Gasteiger partial charge in [0.05, 0.1) is 6.61 Å². The first-order chi connectivity index (χ1) is 7.22. The van der Waals surface area contributed by atoms with Gasteiger partial charge in [0.2, 0.25) is 0 Å². The third-order valence-electron chi connectivity index (χ3n) is 2.34.